The van der Waals surface area contributed by atoms with Gasteiger partial charge in [-0.3, -0.25) is 0 Å². The van der Waals surface area contributed by atoms with Crippen LogP contribution in [0.15, 0.2) is 30.3 Å². The van der Waals surface area contributed by atoms with Gasteiger partial charge in [0, 0.05) is 16.7 Å². The van der Waals surface area contributed by atoms with Gasteiger partial charge in [-0.15, -0.1) is 0 Å². The van der Waals surface area contributed by atoms with Gasteiger partial charge in [0.15, 0.2) is 0 Å². The van der Waals surface area contributed by atoms with E-state index in [1.54, 1.807) is 18.2 Å². The van der Waals surface area contributed by atoms with Gasteiger partial charge < -0.3 is 0 Å². The van der Waals surface area contributed by atoms with Gasteiger partial charge in [-0.2, -0.15) is 0 Å². The van der Waals surface area contributed by atoms with E-state index in [0.29, 0.717) is 15.9 Å². The summed E-state index contributed by atoms with van der Waals surface area (Å²) in [7, 11) is 0. The van der Waals surface area contributed by atoms with E-state index in [-0.39, 0.29) is 5.28 Å². The minimum absolute atomic E-state index is 0.132. The topological polar surface area (TPSA) is 25.8 Å². The number of aromatic nitrogens is 2. The zero-order chi connectivity index (χ0) is 10.8. The number of hydrogen-bond donors (Lipinski definition) is 0. The van der Waals surface area contributed by atoms with E-state index in [0.717, 1.165) is 5.56 Å². The van der Waals surface area contributed by atoms with Gasteiger partial charge in [0.25, 0.3) is 0 Å². The lowest BCUT2D eigenvalue weighted by atomic mass is 10.1. The van der Waals surface area contributed by atoms with Crippen LogP contribution in [0, 0.1) is 0 Å². The molecule has 2 rings (SSSR count). The normalized spacial score (nSPS) is 10.3. The van der Waals surface area contributed by atoms with Crippen LogP contribution in [0.4, 0.5) is 0 Å². The molecular weight excluding hydrogens is 254 g/mol. The van der Waals surface area contributed by atoms with E-state index in [1.165, 1.54) is 0 Å². The number of benzene rings is 1. The Hall–Kier alpha value is -0.830. The average Bonchev–Trinajstić information content (AvgIpc) is 2.17. The Labute approximate surface area is 102 Å². The molecule has 0 aliphatic carbocycles. The molecule has 5 heteroatoms. The quantitative estimate of drug-likeness (QED) is 0.569. The standard InChI is InChI=1S/C10H5Cl3N2/c11-7-3-1-6(2-4-7)8-5-9(12)15-10(13)14-8/h1-5H. The molecule has 1 aromatic heterocycles. The van der Waals surface area contributed by atoms with E-state index >= 15 is 0 Å². The van der Waals surface area contributed by atoms with Crippen LogP contribution >= 0.6 is 34.8 Å². The molecule has 76 valence electrons. The fraction of sp³-hybridized carbons (Fsp3) is 0. The minimum Gasteiger partial charge on any atom is -0.218 e. The van der Waals surface area contributed by atoms with Crippen molar-refractivity contribution in [2.24, 2.45) is 0 Å². The molecule has 0 amide bonds. The van der Waals surface area contributed by atoms with Gasteiger partial charge in [-0.25, -0.2) is 9.97 Å². The molecule has 0 saturated carbocycles. The first kappa shape index (κ1) is 10.7. The predicted octanol–water partition coefficient (Wildman–Crippen LogP) is 4.10. The fourth-order valence-corrected chi connectivity index (χ4v) is 1.69. The maximum Gasteiger partial charge on any atom is 0.224 e. The van der Waals surface area contributed by atoms with Gasteiger partial charge in [0.2, 0.25) is 5.28 Å². The summed E-state index contributed by atoms with van der Waals surface area (Å²) in [5.41, 5.74) is 1.57. The van der Waals surface area contributed by atoms with Crippen molar-refractivity contribution < 1.29 is 0 Å². The van der Waals surface area contributed by atoms with E-state index in [1.807, 2.05) is 12.1 Å². The van der Waals surface area contributed by atoms with Crippen LogP contribution in [0.5, 0.6) is 0 Å². The second-order valence-corrected chi connectivity index (χ2v) is 4.01. The smallest absolute Gasteiger partial charge is 0.218 e. The predicted molar refractivity (Wildman–Crippen MR) is 62.5 cm³/mol. The molecule has 0 spiro atoms. The van der Waals surface area contributed by atoms with Crippen molar-refractivity contribution in [3.8, 4) is 11.3 Å². The molecule has 0 atom stereocenters. The van der Waals surface area contributed by atoms with Crippen molar-refractivity contribution in [3.05, 3.63) is 45.8 Å². The highest BCUT2D eigenvalue weighted by atomic mass is 35.5. The van der Waals surface area contributed by atoms with Crippen LogP contribution in [0.25, 0.3) is 11.3 Å². The van der Waals surface area contributed by atoms with Crippen LogP contribution in [0.3, 0.4) is 0 Å². The molecule has 1 aromatic carbocycles. The summed E-state index contributed by atoms with van der Waals surface area (Å²) in [4.78, 5) is 7.83. The molecule has 0 saturated heterocycles. The Morgan fingerprint density at radius 1 is 0.867 bits per heavy atom. The van der Waals surface area contributed by atoms with Gasteiger partial charge in [-0.1, -0.05) is 35.3 Å². The number of hydrogen-bond acceptors (Lipinski definition) is 2. The Morgan fingerprint density at radius 2 is 1.53 bits per heavy atom. The summed E-state index contributed by atoms with van der Waals surface area (Å²) in [5.74, 6) is 0. The Balaban J connectivity index is 2.49. The molecular formula is C10H5Cl3N2. The number of halogens is 3. The van der Waals surface area contributed by atoms with Crippen LogP contribution < -0.4 is 0 Å². The average molecular weight is 260 g/mol. The summed E-state index contributed by atoms with van der Waals surface area (Å²) in [5, 5.41) is 1.12. The first-order valence-electron chi connectivity index (χ1n) is 4.11. The highest BCUT2D eigenvalue weighted by molar-refractivity contribution is 6.32. The SMILES string of the molecule is Clc1ccc(-c2cc(Cl)nc(Cl)n2)cc1. The summed E-state index contributed by atoms with van der Waals surface area (Å²) in [6, 6.07) is 8.90. The lowest BCUT2D eigenvalue weighted by Crippen LogP contribution is -1.87. The summed E-state index contributed by atoms with van der Waals surface area (Å²) in [6.07, 6.45) is 0. The lowest BCUT2D eigenvalue weighted by molar-refractivity contribution is 1.17. The van der Waals surface area contributed by atoms with Crippen LogP contribution in [0.1, 0.15) is 0 Å². The molecule has 1 heterocycles. The van der Waals surface area contributed by atoms with Gasteiger partial charge in [-0.05, 0) is 23.7 Å². The second kappa shape index (κ2) is 4.35. The molecule has 15 heavy (non-hydrogen) atoms. The van der Waals surface area contributed by atoms with Crippen LogP contribution in [-0.4, -0.2) is 9.97 Å². The molecule has 2 aromatic rings. The highest BCUT2D eigenvalue weighted by Crippen LogP contribution is 2.22. The fourth-order valence-electron chi connectivity index (χ4n) is 1.16. The van der Waals surface area contributed by atoms with Crippen molar-refractivity contribution in [2.45, 2.75) is 0 Å². The summed E-state index contributed by atoms with van der Waals surface area (Å²) in [6.45, 7) is 0. The molecule has 0 radical (unpaired) electrons. The molecule has 0 aliphatic heterocycles. The van der Waals surface area contributed by atoms with E-state index in [9.17, 15) is 0 Å². The highest BCUT2D eigenvalue weighted by Gasteiger charge is 2.03. The molecule has 0 bridgehead atoms. The maximum atomic E-state index is 5.78. The molecule has 0 fully saturated rings. The minimum atomic E-state index is 0.132. The second-order valence-electron chi connectivity index (χ2n) is 2.85. The van der Waals surface area contributed by atoms with Crippen molar-refractivity contribution in [2.75, 3.05) is 0 Å². The molecule has 2 nitrogen and oxygen atoms in total. The van der Waals surface area contributed by atoms with E-state index < -0.39 is 0 Å². The van der Waals surface area contributed by atoms with Crippen molar-refractivity contribution >= 4 is 34.8 Å². The first-order chi connectivity index (χ1) is 7.15. The first-order valence-corrected chi connectivity index (χ1v) is 5.24. The van der Waals surface area contributed by atoms with Crippen LogP contribution in [0.2, 0.25) is 15.5 Å². The number of rotatable bonds is 1. The summed E-state index contributed by atoms with van der Waals surface area (Å²) >= 11 is 17.2. The zero-order valence-electron chi connectivity index (χ0n) is 7.42. The molecule has 0 aliphatic rings. The van der Waals surface area contributed by atoms with Gasteiger partial charge in [0.05, 0.1) is 5.69 Å². The lowest BCUT2D eigenvalue weighted by Gasteiger charge is -2.01. The monoisotopic (exact) mass is 258 g/mol. The Bertz CT molecular complexity index is 462. The largest absolute Gasteiger partial charge is 0.224 e. The Kier molecular flexibility index (Phi) is 3.10. The molecule has 0 N–H and O–H groups in total. The third kappa shape index (κ3) is 2.59. The molecule has 0 unspecified atom stereocenters. The van der Waals surface area contributed by atoms with Crippen molar-refractivity contribution in [3.63, 3.8) is 0 Å². The van der Waals surface area contributed by atoms with Gasteiger partial charge >= 0.3 is 0 Å². The van der Waals surface area contributed by atoms with Gasteiger partial charge in [0.1, 0.15) is 5.15 Å². The van der Waals surface area contributed by atoms with Crippen molar-refractivity contribution in [1.82, 2.24) is 9.97 Å². The Morgan fingerprint density at radius 3 is 2.13 bits per heavy atom. The van der Waals surface area contributed by atoms with Crippen molar-refractivity contribution in [1.29, 1.82) is 0 Å². The van der Waals surface area contributed by atoms with E-state index in [4.69, 9.17) is 34.8 Å². The summed E-state index contributed by atoms with van der Waals surface area (Å²) < 4.78 is 0. The third-order valence-corrected chi connectivity index (χ3v) is 2.42. The number of nitrogens with zero attached hydrogens (tertiary/aromatic N) is 2. The third-order valence-electron chi connectivity index (χ3n) is 1.81. The van der Waals surface area contributed by atoms with E-state index in [2.05, 4.69) is 9.97 Å². The van der Waals surface area contributed by atoms with Crippen LogP contribution in [-0.2, 0) is 0 Å². The maximum absolute atomic E-state index is 5.78. The zero-order valence-corrected chi connectivity index (χ0v) is 9.68.